The standard InChI is InChI=1S/C20H23NO/c1-20(2)18-9-5-4-7-16(18)15(8-6-12-21-3)17-11-10-14(22)13-19(17)20/h4-5,7-11,13,21-22H,6,12H2,1-3H3/b15-8-. The fourth-order valence-corrected chi connectivity index (χ4v) is 3.42. The summed E-state index contributed by atoms with van der Waals surface area (Å²) in [5.41, 5.74) is 6.23. The molecule has 2 nitrogen and oxygen atoms in total. The van der Waals surface area contributed by atoms with E-state index >= 15 is 0 Å². The van der Waals surface area contributed by atoms with Gasteiger partial charge in [-0.25, -0.2) is 0 Å². The number of hydrogen-bond donors (Lipinski definition) is 2. The molecule has 0 unspecified atom stereocenters. The maximum Gasteiger partial charge on any atom is 0.115 e. The summed E-state index contributed by atoms with van der Waals surface area (Å²) in [6.45, 7) is 5.42. The molecule has 2 heteroatoms. The van der Waals surface area contributed by atoms with Gasteiger partial charge in [0.05, 0.1) is 0 Å². The first-order valence-corrected chi connectivity index (χ1v) is 7.84. The molecule has 0 aliphatic heterocycles. The Morgan fingerprint density at radius 3 is 2.55 bits per heavy atom. The molecule has 0 amide bonds. The SMILES string of the molecule is CNCC/C=C1/c2ccccc2C(C)(C)c2cc(O)ccc21. The Balaban J connectivity index is 2.24. The first-order valence-electron chi connectivity index (χ1n) is 7.84. The number of phenolic OH excluding ortho intramolecular Hbond substituents is 1. The van der Waals surface area contributed by atoms with Crippen molar-refractivity contribution in [3.8, 4) is 5.75 Å². The van der Waals surface area contributed by atoms with Gasteiger partial charge in [-0.2, -0.15) is 0 Å². The van der Waals surface area contributed by atoms with Gasteiger partial charge in [-0.1, -0.05) is 50.3 Å². The number of phenols is 1. The van der Waals surface area contributed by atoms with Gasteiger partial charge in [0.1, 0.15) is 5.75 Å². The fourth-order valence-electron chi connectivity index (χ4n) is 3.42. The molecule has 3 rings (SSSR count). The average molecular weight is 293 g/mol. The van der Waals surface area contributed by atoms with E-state index in [9.17, 15) is 5.11 Å². The molecule has 0 saturated carbocycles. The maximum atomic E-state index is 9.94. The lowest BCUT2D eigenvalue weighted by Crippen LogP contribution is -2.26. The minimum Gasteiger partial charge on any atom is -0.508 e. The van der Waals surface area contributed by atoms with E-state index in [4.69, 9.17) is 0 Å². The van der Waals surface area contributed by atoms with Crippen LogP contribution in [0.3, 0.4) is 0 Å². The predicted octanol–water partition coefficient (Wildman–Crippen LogP) is 4.07. The van der Waals surface area contributed by atoms with Crippen LogP contribution in [0.25, 0.3) is 5.57 Å². The second-order valence-corrected chi connectivity index (χ2v) is 6.41. The van der Waals surface area contributed by atoms with Gasteiger partial charge in [-0.3, -0.25) is 0 Å². The van der Waals surface area contributed by atoms with Crippen molar-refractivity contribution in [1.29, 1.82) is 0 Å². The third-order valence-corrected chi connectivity index (χ3v) is 4.60. The number of nitrogens with one attached hydrogen (secondary N) is 1. The summed E-state index contributed by atoms with van der Waals surface area (Å²) < 4.78 is 0. The molecular weight excluding hydrogens is 270 g/mol. The van der Waals surface area contributed by atoms with Crippen molar-refractivity contribution in [3.63, 3.8) is 0 Å². The Labute approximate surface area is 132 Å². The highest BCUT2D eigenvalue weighted by atomic mass is 16.3. The van der Waals surface area contributed by atoms with Crippen LogP contribution in [0.5, 0.6) is 5.75 Å². The van der Waals surface area contributed by atoms with Gasteiger partial charge in [-0.15, -0.1) is 0 Å². The second-order valence-electron chi connectivity index (χ2n) is 6.41. The number of fused-ring (bicyclic) bond motifs is 2. The highest BCUT2D eigenvalue weighted by Gasteiger charge is 2.34. The van der Waals surface area contributed by atoms with Crippen LogP contribution >= 0.6 is 0 Å². The largest absolute Gasteiger partial charge is 0.508 e. The topological polar surface area (TPSA) is 32.3 Å². The zero-order valence-electron chi connectivity index (χ0n) is 13.5. The molecule has 1 aliphatic rings. The van der Waals surface area contributed by atoms with Crippen LogP contribution in [-0.4, -0.2) is 18.7 Å². The summed E-state index contributed by atoms with van der Waals surface area (Å²) in [4.78, 5) is 0. The normalized spacial score (nSPS) is 17.1. The summed E-state index contributed by atoms with van der Waals surface area (Å²) in [5, 5.41) is 13.1. The van der Waals surface area contributed by atoms with Crippen LogP contribution in [0.15, 0.2) is 48.5 Å². The molecule has 0 radical (unpaired) electrons. The Kier molecular flexibility index (Phi) is 3.79. The van der Waals surface area contributed by atoms with E-state index in [1.54, 1.807) is 6.07 Å². The van der Waals surface area contributed by atoms with E-state index in [2.05, 4.69) is 49.5 Å². The molecule has 0 bridgehead atoms. The van der Waals surface area contributed by atoms with Crippen molar-refractivity contribution < 1.29 is 5.11 Å². The van der Waals surface area contributed by atoms with Crippen molar-refractivity contribution in [1.82, 2.24) is 5.32 Å². The monoisotopic (exact) mass is 293 g/mol. The van der Waals surface area contributed by atoms with Gasteiger partial charge in [0.2, 0.25) is 0 Å². The van der Waals surface area contributed by atoms with Crippen molar-refractivity contribution in [2.24, 2.45) is 0 Å². The summed E-state index contributed by atoms with van der Waals surface area (Å²) in [6.07, 6.45) is 3.29. The molecule has 2 aromatic carbocycles. The molecule has 22 heavy (non-hydrogen) atoms. The van der Waals surface area contributed by atoms with Gasteiger partial charge in [0.25, 0.3) is 0 Å². The molecule has 0 atom stereocenters. The molecule has 2 N–H and O–H groups in total. The molecule has 0 spiro atoms. The number of hydrogen-bond acceptors (Lipinski definition) is 2. The maximum absolute atomic E-state index is 9.94. The Bertz CT molecular complexity index is 728. The van der Waals surface area contributed by atoms with E-state index in [0.717, 1.165) is 13.0 Å². The average Bonchev–Trinajstić information content (AvgIpc) is 2.51. The molecule has 0 heterocycles. The first kappa shape index (κ1) is 14.9. The van der Waals surface area contributed by atoms with E-state index in [0.29, 0.717) is 5.75 Å². The third-order valence-electron chi connectivity index (χ3n) is 4.60. The van der Waals surface area contributed by atoms with Crippen molar-refractivity contribution >= 4 is 5.57 Å². The molecule has 1 aliphatic carbocycles. The molecular formula is C20H23NO. The summed E-state index contributed by atoms with van der Waals surface area (Å²) in [5.74, 6) is 0.334. The summed E-state index contributed by atoms with van der Waals surface area (Å²) >= 11 is 0. The van der Waals surface area contributed by atoms with E-state index in [-0.39, 0.29) is 5.41 Å². The van der Waals surface area contributed by atoms with Crippen LogP contribution in [0.1, 0.15) is 42.5 Å². The first-order chi connectivity index (χ1) is 10.6. The highest BCUT2D eigenvalue weighted by molar-refractivity contribution is 5.87. The van der Waals surface area contributed by atoms with Crippen molar-refractivity contribution in [2.75, 3.05) is 13.6 Å². The summed E-state index contributed by atoms with van der Waals surface area (Å²) in [7, 11) is 1.97. The van der Waals surface area contributed by atoms with E-state index < -0.39 is 0 Å². The third kappa shape index (κ3) is 2.34. The Morgan fingerprint density at radius 2 is 1.77 bits per heavy atom. The minimum atomic E-state index is -0.106. The van der Waals surface area contributed by atoms with Gasteiger partial charge >= 0.3 is 0 Å². The van der Waals surface area contributed by atoms with Gasteiger partial charge < -0.3 is 10.4 Å². The quantitative estimate of drug-likeness (QED) is 0.836. The zero-order valence-corrected chi connectivity index (χ0v) is 13.5. The van der Waals surface area contributed by atoms with Crippen LogP contribution < -0.4 is 5.32 Å². The van der Waals surface area contributed by atoms with Crippen molar-refractivity contribution in [2.45, 2.75) is 25.7 Å². The highest BCUT2D eigenvalue weighted by Crippen LogP contribution is 2.47. The van der Waals surface area contributed by atoms with E-state index in [1.807, 2.05) is 19.2 Å². The number of aromatic hydroxyl groups is 1. The van der Waals surface area contributed by atoms with Crippen LogP contribution in [-0.2, 0) is 5.41 Å². The van der Waals surface area contributed by atoms with Crippen LogP contribution in [0.2, 0.25) is 0 Å². The lowest BCUT2D eigenvalue weighted by molar-refractivity contribution is 0.472. The molecule has 0 saturated heterocycles. The lowest BCUT2D eigenvalue weighted by atomic mass is 9.67. The van der Waals surface area contributed by atoms with Gasteiger partial charge in [-0.05, 0) is 60.0 Å². The van der Waals surface area contributed by atoms with Gasteiger partial charge in [0, 0.05) is 5.41 Å². The molecule has 0 fully saturated rings. The lowest BCUT2D eigenvalue weighted by Gasteiger charge is -2.36. The van der Waals surface area contributed by atoms with Gasteiger partial charge in [0.15, 0.2) is 0 Å². The van der Waals surface area contributed by atoms with Crippen molar-refractivity contribution in [3.05, 3.63) is 70.8 Å². The van der Waals surface area contributed by atoms with Crippen LogP contribution in [0, 0.1) is 0 Å². The predicted molar refractivity (Wildman–Crippen MR) is 92.3 cm³/mol. The minimum absolute atomic E-state index is 0.106. The Morgan fingerprint density at radius 1 is 1.05 bits per heavy atom. The Hall–Kier alpha value is -2.06. The molecule has 114 valence electrons. The van der Waals surface area contributed by atoms with Crippen LogP contribution in [0.4, 0.5) is 0 Å². The van der Waals surface area contributed by atoms with E-state index in [1.165, 1.54) is 27.8 Å². The smallest absolute Gasteiger partial charge is 0.115 e. The number of benzene rings is 2. The zero-order chi connectivity index (χ0) is 15.7. The summed E-state index contributed by atoms with van der Waals surface area (Å²) in [6, 6.07) is 14.4. The molecule has 2 aromatic rings. The molecule has 0 aromatic heterocycles. The fraction of sp³-hybridized carbons (Fsp3) is 0.300. The second kappa shape index (κ2) is 5.62. The number of rotatable bonds is 3.